The predicted octanol–water partition coefficient (Wildman–Crippen LogP) is 1.85. The van der Waals surface area contributed by atoms with Crippen molar-refractivity contribution in [2.45, 2.75) is 57.1 Å². The Morgan fingerprint density at radius 2 is 2.24 bits per heavy atom. The fourth-order valence-electron chi connectivity index (χ4n) is 3.28. The second-order valence-electron chi connectivity index (χ2n) is 7.43. The van der Waals surface area contributed by atoms with Gasteiger partial charge in [0.1, 0.15) is 11.3 Å². The topological polar surface area (TPSA) is 97.3 Å². The van der Waals surface area contributed by atoms with Crippen LogP contribution in [-0.2, 0) is 5.60 Å². The van der Waals surface area contributed by atoms with Gasteiger partial charge in [-0.3, -0.25) is 4.79 Å². The van der Waals surface area contributed by atoms with Crippen molar-refractivity contribution in [2.24, 2.45) is 0 Å². The summed E-state index contributed by atoms with van der Waals surface area (Å²) in [6.07, 6.45) is 5.22. The third-order valence-electron chi connectivity index (χ3n) is 5.01. The van der Waals surface area contributed by atoms with Crippen LogP contribution in [0.3, 0.4) is 0 Å². The minimum Gasteiger partial charge on any atom is -0.382 e. The summed E-state index contributed by atoms with van der Waals surface area (Å²) in [6, 6.07) is 1.91. The van der Waals surface area contributed by atoms with Crippen molar-refractivity contribution in [2.75, 3.05) is 13.1 Å². The monoisotopic (exact) mass is 345 g/mol. The van der Waals surface area contributed by atoms with E-state index in [1.165, 1.54) is 0 Å². The number of carbonyl (C=O) groups is 1. The quantitative estimate of drug-likeness (QED) is 0.908. The number of hydrogen-bond donors (Lipinski definition) is 1. The van der Waals surface area contributed by atoms with Gasteiger partial charge in [0.15, 0.2) is 0 Å². The van der Waals surface area contributed by atoms with E-state index in [-0.39, 0.29) is 24.3 Å². The largest absolute Gasteiger partial charge is 0.382 e. The van der Waals surface area contributed by atoms with Crippen LogP contribution in [0.25, 0.3) is 0 Å². The van der Waals surface area contributed by atoms with Crippen molar-refractivity contribution in [3.05, 3.63) is 29.4 Å². The molecule has 4 rings (SSSR count). The number of nitrogens with zero attached hydrogens (tertiary/aromatic N) is 5. The minimum absolute atomic E-state index is 0.168. The molecule has 2 aromatic rings. The Labute approximate surface area is 145 Å². The average molecular weight is 345 g/mol. The molecule has 25 heavy (non-hydrogen) atoms. The van der Waals surface area contributed by atoms with Crippen molar-refractivity contribution in [3.63, 3.8) is 0 Å². The van der Waals surface area contributed by atoms with Crippen molar-refractivity contribution >= 4 is 5.91 Å². The van der Waals surface area contributed by atoms with Gasteiger partial charge in [-0.2, -0.15) is 0 Å². The molecule has 134 valence electrons. The zero-order chi connectivity index (χ0) is 17.6. The van der Waals surface area contributed by atoms with Crippen LogP contribution in [0.15, 0.2) is 16.8 Å². The van der Waals surface area contributed by atoms with Crippen molar-refractivity contribution in [3.8, 4) is 0 Å². The lowest BCUT2D eigenvalue weighted by molar-refractivity contribution is -0.0329. The van der Waals surface area contributed by atoms with Crippen LogP contribution < -0.4 is 0 Å². The molecule has 1 unspecified atom stereocenters. The molecule has 1 atom stereocenters. The molecule has 2 aliphatic rings. The molecule has 1 N–H and O–H groups in total. The maximum Gasteiger partial charge on any atom is 0.292 e. The van der Waals surface area contributed by atoms with Crippen LogP contribution in [0.5, 0.6) is 0 Å². The van der Waals surface area contributed by atoms with E-state index in [0.29, 0.717) is 31.0 Å². The maximum atomic E-state index is 12.7. The smallest absolute Gasteiger partial charge is 0.292 e. The first kappa shape index (κ1) is 16.3. The molecule has 1 saturated carbocycles. The molecule has 3 heterocycles. The Morgan fingerprint density at radius 1 is 1.44 bits per heavy atom. The molecular formula is C17H23N5O3. The molecule has 0 bridgehead atoms. The second kappa shape index (κ2) is 5.94. The molecule has 1 aliphatic heterocycles. The zero-order valence-electron chi connectivity index (χ0n) is 14.6. The second-order valence-corrected chi connectivity index (χ2v) is 7.43. The van der Waals surface area contributed by atoms with Crippen LogP contribution >= 0.6 is 0 Å². The van der Waals surface area contributed by atoms with Crippen LogP contribution in [-0.4, -0.2) is 49.2 Å². The first-order valence-corrected chi connectivity index (χ1v) is 8.87. The molecule has 0 spiro atoms. The average Bonchev–Trinajstić information content (AvgIpc) is 3.13. The molecule has 8 nitrogen and oxygen atoms in total. The number of aromatic nitrogens is 4. The first-order valence-electron chi connectivity index (χ1n) is 8.87. The lowest BCUT2D eigenvalue weighted by atomic mass is 9.90. The molecule has 0 aromatic carbocycles. The van der Waals surface area contributed by atoms with Gasteiger partial charge in [0.05, 0.1) is 18.4 Å². The Balaban J connectivity index is 1.51. The summed E-state index contributed by atoms with van der Waals surface area (Å²) in [5.74, 6) is 0.459. The Bertz CT molecular complexity index is 779. The molecule has 1 amide bonds. The maximum absolute atomic E-state index is 12.7. The number of β-amino-alcohol motifs (C(OH)–C–C–N with tert-alkyl or cyclic N) is 1. The standard InChI is InChI=1S/C17H23N5O3/c1-11(2)22-9-15(18-20-22)17(24)6-3-7-21(10-17)16(23)14-8-13(19-25-14)12-4-5-12/h8-9,11-12,24H,3-7,10H2,1-2H3. The molecular weight excluding hydrogens is 322 g/mol. The molecule has 8 heteroatoms. The van der Waals surface area contributed by atoms with Gasteiger partial charge in [-0.1, -0.05) is 10.4 Å². The number of amides is 1. The highest BCUT2D eigenvalue weighted by molar-refractivity contribution is 5.91. The predicted molar refractivity (Wildman–Crippen MR) is 87.9 cm³/mol. The van der Waals surface area contributed by atoms with E-state index in [0.717, 1.165) is 18.5 Å². The van der Waals surface area contributed by atoms with E-state index in [1.54, 1.807) is 21.8 Å². The highest BCUT2D eigenvalue weighted by Gasteiger charge is 2.40. The summed E-state index contributed by atoms with van der Waals surface area (Å²) in [6.45, 7) is 4.77. The summed E-state index contributed by atoms with van der Waals surface area (Å²) in [7, 11) is 0. The number of piperidine rings is 1. The van der Waals surface area contributed by atoms with Gasteiger partial charge in [0, 0.05) is 24.6 Å². The normalized spacial score (nSPS) is 24.1. The highest BCUT2D eigenvalue weighted by atomic mass is 16.5. The molecule has 2 aromatic heterocycles. The van der Waals surface area contributed by atoms with Crippen LogP contribution in [0.1, 0.15) is 73.4 Å². The Hall–Kier alpha value is -2.22. The minimum atomic E-state index is -1.18. The van der Waals surface area contributed by atoms with Crippen molar-refractivity contribution < 1.29 is 14.4 Å². The Kier molecular flexibility index (Phi) is 3.87. The van der Waals surface area contributed by atoms with Crippen LogP contribution in [0, 0.1) is 0 Å². The lowest BCUT2D eigenvalue weighted by Gasteiger charge is -2.37. The van der Waals surface area contributed by atoms with Gasteiger partial charge < -0.3 is 14.5 Å². The third kappa shape index (κ3) is 3.06. The molecule has 1 saturated heterocycles. The van der Waals surface area contributed by atoms with E-state index in [2.05, 4.69) is 15.5 Å². The zero-order valence-corrected chi connectivity index (χ0v) is 14.6. The Morgan fingerprint density at radius 3 is 2.92 bits per heavy atom. The number of likely N-dealkylation sites (tertiary alicyclic amines) is 1. The van der Waals surface area contributed by atoms with Gasteiger partial charge >= 0.3 is 0 Å². The lowest BCUT2D eigenvalue weighted by Crippen LogP contribution is -2.48. The molecule has 0 radical (unpaired) electrons. The molecule has 2 fully saturated rings. The van der Waals surface area contributed by atoms with Gasteiger partial charge in [0.25, 0.3) is 5.91 Å². The summed E-state index contributed by atoms with van der Waals surface area (Å²) in [5.41, 5.74) is 0.186. The summed E-state index contributed by atoms with van der Waals surface area (Å²) < 4.78 is 6.95. The fraction of sp³-hybridized carbons (Fsp3) is 0.647. The third-order valence-corrected chi connectivity index (χ3v) is 5.01. The van der Waals surface area contributed by atoms with Crippen molar-refractivity contribution in [1.29, 1.82) is 0 Å². The summed E-state index contributed by atoms with van der Waals surface area (Å²) in [5, 5.41) is 23.2. The number of aliphatic hydroxyl groups is 1. The van der Waals surface area contributed by atoms with E-state index in [9.17, 15) is 9.90 Å². The van der Waals surface area contributed by atoms with Gasteiger partial charge in [-0.25, -0.2) is 4.68 Å². The first-order chi connectivity index (χ1) is 12.0. The highest BCUT2D eigenvalue weighted by Crippen LogP contribution is 2.39. The van der Waals surface area contributed by atoms with E-state index in [4.69, 9.17) is 4.52 Å². The van der Waals surface area contributed by atoms with Gasteiger partial charge in [-0.15, -0.1) is 5.10 Å². The van der Waals surface area contributed by atoms with Crippen molar-refractivity contribution in [1.82, 2.24) is 25.1 Å². The van der Waals surface area contributed by atoms with Crippen LogP contribution in [0.2, 0.25) is 0 Å². The fourth-order valence-corrected chi connectivity index (χ4v) is 3.28. The SMILES string of the molecule is CC(C)n1cc(C2(O)CCCN(C(=O)c3cc(C4CC4)no3)C2)nn1. The molecule has 1 aliphatic carbocycles. The number of carbonyl (C=O) groups excluding carboxylic acids is 1. The summed E-state index contributed by atoms with van der Waals surface area (Å²) in [4.78, 5) is 14.3. The number of hydrogen-bond acceptors (Lipinski definition) is 6. The van der Waals surface area contributed by atoms with E-state index >= 15 is 0 Å². The van der Waals surface area contributed by atoms with E-state index in [1.807, 2.05) is 13.8 Å². The number of rotatable bonds is 4. The van der Waals surface area contributed by atoms with Gasteiger partial charge in [0.2, 0.25) is 5.76 Å². The van der Waals surface area contributed by atoms with Crippen LogP contribution in [0.4, 0.5) is 0 Å². The van der Waals surface area contributed by atoms with Gasteiger partial charge in [-0.05, 0) is 39.5 Å². The summed E-state index contributed by atoms with van der Waals surface area (Å²) >= 11 is 0. The van der Waals surface area contributed by atoms with E-state index < -0.39 is 5.60 Å².